The maximum Gasteiger partial charge on any atom is 0.266 e. The van der Waals surface area contributed by atoms with Gasteiger partial charge in [-0.2, -0.15) is 0 Å². The molecule has 0 aliphatic carbocycles. The van der Waals surface area contributed by atoms with E-state index in [1.54, 1.807) is 6.08 Å². The molecule has 0 N–H and O–H groups in total. The molecule has 0 radical (unpaired) electrons. The van der Waals surface area contributed by atoms with E-state index in [1.807, 2.05) is 36.4 Å². The van der Waals surface area contributed by atoms with Crippen LogP contribution in [-0.2, 0) is 9.59 Å². The minimum Gasteiger partial charge on any atom is -0.457 e. The molecule has 1 aliphatic heterocycles. The van der Waals surface area contributed by atoms with Crippen LogP contribution < -0.4 is 0 Å². The Morgan fingerprint density at radius 2 is 2.00 bits per heavy atom. The molecule has 1 saturated heterocycles. The van der Waals surface area contributed by atoms with E-state index >= 15 is 0 Å². The smallest absolute Gasteiger partial charge is 0.266 e. The molecule has 7 heteroatoms. The maximum atomic E-state index is 12.4. The number of furan rings is 1. The Bertz CT molecular complexity index is 871. The minimum absolute atomic E-state index is 0.0307. The second-order valence-electron chi connectivity index (χ2n) is 5.49. The first-order valence-corrected chi connectivity index (χ1v) is 9.56. The molecule has 1 fully saturated rings. The SMILES string of the molecule is CC(=O)CCN1C(=O)/C(=C/c2ccc(-c3ccc(Br)cc3)o2)SC1=S. The summed E-state index contributed by atoms with van der Waals surface area (Å²) in [6.45, 7) is 1.82. The first kappa shape index (κ1) is 18.1. The number of carbonyl (C=O) groups excluding carboxylic acids is 2. The first-order valence-electron chi connectivity index (χ1n) is 7.54. The number of ketones is 1. The fraction of sp³-hybridized carbons (Fsp3) is 0.167. The van der Waals surface area contributed by atoms with Gasteiger partial charge in [-0.3, -0.25) is 14.5 Å². The second-order valence-corrected chi connectivity index (χ2v) is 8.09. The quantitative estimate of drug-likeness (QED) is 0.494. The van der Waals surface area contributed by atoms with Gasteiger partial charge >= 0.3 is 0 Å². The van der Waals surface area contributed by atoms with E-state index in [0.29, 0.717) is 28.0 Å². The summed E-state index contributed by atoms with van der Waals surface area (Å²) in [5.41, 5.74) is 0.955. The molecule has 0 saturated carbocycles. The Kier molecular flexibility index (Phi) is 5.56. The van der Waals surface area contributed by atoms with Crippen LogP contribution in [0, 0.1) is 0 Å². The van der Waals surface area contributed by atoms with Crippen LogP contribution in [0.4, 0.5) is 0 Å². The molecule has 25 heavy (non-hydrogen) atoms. The van der Waals surface area contributed by atoms with Crippen molar-refractivity contribution in [3.8, 4) is 11.3 Å². The van der Waals surface area contributed by atoms with Crippen molar-refractivity contribution < 1.29 is 14.0 Å². The molecule has 0 spiro atoms. The number of rotatable bonds is 5. The van der Waals surface area contributed by atoms with Gasteiger partial charge in [-0.25, -0.2) is 0 Å². The number of halogens is 1. The average Bonchev–Trinajstić information content (AvgIpc) is 3.12. The molecule has 0 bridgehead atoms. The van der Waals surface area contributed by atoms with Crippen LogP contribution in [0.2, 0.25) is 0 Å². The van der Waals surface area contributed by atoms with Gasteiger partial charge in [0.25, 0.3) is 5.91 Å². The van der Waals surface area contributed by atoms with Crippen molar-refractivity contribution in [3.63, 3.8) is 0 Å². The molecule has 1 aromatic heterocycles. The van der Waals surface area contributed by atoms with E-state index in [9.17, 15) is 9.59 Å². The predicted molar refractivity (Wildman–Crippen MR) is 107 cm³/mol. The number of thioether (sulfide) groups is 1. The van der Waals surface area contributed by atoms with E-state index in [-0.39, 0.29) is 11.7 Å². The largest absolute Gasteiger partial charge is 0.457 e. The Balaban J connectivity index is 1.77. The summed E-state index contributed by atoms with van der Waals surface area (Å²) in [4.78, 5) is 25.5. The third-order valence-corrected chi connectivity index (χ3v) is 5.50. The molecule has 1 amide bonds. The van der Waals surface area contributed by atoms with E-state index in [4.69, 9.17) is 16.6 Å². The van der Waals surface area contributed by atoms with Gasteiger partial charge in [-0.15, -0.1) is 0 Å². The molecule has 128 valence electrons. The number of benzene rings is 1. The standard InChI is InChI=1S/C18H14BrNO3S2/c1-11(21)8-9-20-17(22)16(25-18(20)24)10-14-6-7-15(23-14)12-2-4-13(19)5-3-12/h2-7,10H,8-9H2,1H3/b16-10-. The molecule has 2 heterocycles. The topological polar surface area (TPSA) is 50.5 Å². The lowest BCUT2D eigenvalue weighted by Crippen LogP contribution is -2.30. The van der Waals surface area contributed by atoms with Crippen molar-refractivity contribution in [2.24, 2.45) is 0 Å². The van der Waals surface area contributed by atoms with Gasteiger partial charge in [-0.05, 0) is 31.2 Å². The van der Waals surface area contributed by atoms with Gasteiger partial charge < -0.3 is 4.42 Å². The van der Waals surface area contributed by atoms with Crippen molar-refractivity contribution in [1.29, 1.82) is 0 Å². The molecule has 0 unspecified atom stereocenters. The Labute approximate surface area is 163 Å². The van der Waals surface area contributed by atoms with Gasteiger partial charge in [-0.1, -0.05) is 52.0 Å². The van der Waals surface area contributed by atoms with E-state index in [1.165, 1.54) is 23.6 Å². The molecule has 2 aromatic rings. The highest BCUT2D eigenvalue weighted by Crippen LogP contribution is 2.33. The number of hydrogen-bond donors (Lipinski definition) is 0. The fourth-order valence-electron chi connectivity index (χ4n) is 2.29. The highest BCUT2D eigenvalue weighted by molar-refractivity contribution is 9.10. The number of thiocarbonyl (C=S) groups is 1. The third kappa shape index (κ3) is 4.29. The molecular weight excluding hydrogens is 422 g/mol. The van der Waals surface area contributed by atoms with E-state index < -0.39 is 0 Å². The second kappa shape index (κ2) is 7.68. The number of amides is 1. The summed E-state index contributed by atoms with van der Waals surface area (Å²) in [5.74, 6) is 1.16. The summed E-state index contributed by atoms with van der Waals surface area (Å²) in [6, 6.07) is 11.5. The van der Waals surface area contributed by atoms with Crippen LogP contribution in [0.3, 0.4) is 0 Å². The van der Waals surface area contributed by atoms with E-state index in [2.05, 4.69) is 15.9 Å². The Morgan fingerprint density at radius 3 is 2.68 bits per heavy atom. The monoisotopic (exact) mass is 435 g/mol. The number of hydrogen-bond acceptors (Lipinski definition) is 5. The highest BCUT2D eigenvalue weighted by atomic mass is 79.9. The molecular formula is C18H14BrNO3S2. The Morgan fingerprint density at radius 1 is 1.28 bits per heavy atom. The zero-order valence-corrected chi connectivity index (χ0v) is 16.5. The lowest BCUT2D eigenvalue weighted by Gasteiger charge is -2.12. The van der Waals surface area contributed by atoms with E-state index in [0.717, 1.165) is 15.8 Å². The van der Waals surface area contributed by atoms with Crippen molar-refractivity contribution in [2.75, 3.05) is 6.54 Å². The summed E-state index contributed by atoms with van der Waals surface area (Å²) < 4.78 is 7.28. The summed E-state index contributed by atoms with van der Waals surface area (Å²) in [5, 5.41) is 0. The fourth-order valence-corrected chi connectivity index (χ4v) is 3.84. The minimum atomic E-state index is -0.183. The third-order valence-electron chi connectivity index (χ3n) is 3.59. The summed E-state index contributed by atoms with van der Waals surface area (Å²) in [7, 11) is 0. The van der Waals surface area contributed by atoms with Gasteiger partial charge in [0.15, 0.2) is 0 Å². The lowest BCUT2D eigenvalue weighted by molar-refractivity contribution is -0.122. The van der Waals surface area contributed by atoms with Crippen molar-refractivity contribution in [3.05, 3.63) is 51.5 Å². The summed E-state index contributed by atoms with van der Waals surface area (Å²) >= 11 is 9.87. The Hall–Kier alpha value is -1.70. The van der Waals surface area contributed by atoms with Gasteiger partial charge in [0.05, 0.1) is 4.91 Å². The van der Waals surface area contributed by atoms with Crippen LogP contribution in [0.25, 0.3) is 17.4 Å². The number of nitrogens with zero attached hydrogens (tertiary/aromatic N) is 1. The maximum absolute atomic E-state index is 12.4. The number of Topliss-reactive ketones (excluding diaryl/α,β-unsaturated/α-hetero) is 1. The van der Waals surface area contributed by atoms with Crippen LogP contribution in [0.15, 0.2) is 50.2 Å². The highest BCUT2D eigenvalue weighted by Gasteiger charge is 2.32. The summed E-state index contributed by atoms with van der Waals surface area (Å²) in [6.07, 6.45) is 1.99. The number of carbonyl (C=O) groups is 2. The van der Waals surface area contributed by atoms with Gasteiger partial charge in [0, 0.05) is 29.1 Å². The average molecular weight is 436 g/mol. The van der Waals surface area contributed by atoms with Crippen molar-refractivity contribution >= 4 is 62.0 Å². The molecule has 3 rings (SSSR count). The predicted octanol–water partition coefficient (Wildman–Crippen LogP) is 4.89. The van der Waals surface area contributed by atoms with Crippen molar-refractivity contribution in [1.82, 2.24) is 4.90 Å². The van der Waals surface area contributed by atoms with Crippen molar-refractivity contribution in [2.45, 2.75) is 13.3 Å². The molecule has 1 aromatic carbocycles. The molecule has 1 aliphatic rings. The molecule has 4 nitrogen and oxygen atoms in total. The van der Waals surface area contributed by atoms with Crippen LogP contribution >= 0.6 is 39.9 Å². The molecule has 0 atom stereocenters. The normalized spacial score (nSPS) is 16.1. The van der Waals surface area contributed by atoms with Gasteiger partial charge in [0.1, 0.15) is 21.6 Å². The van der Waals surface area contributed by atoms with Crippen LogP contribution in [0.1, 0.15) is 19.1 Å². The lowest BCUT2D eigenvalue weighted by atomic mass is 10.2. The zero-order valence-electron chi connectivity index (χ0n) is 13.3. The van der Waals surface area contributed by atoms with Gasteiger partial charge in [0.2, 0.25) is 0 Å². The van der Waals surface area contributed by atoms with Crippen LogP contribution in [-0.4, -0.2) is 27.5 Å². The zero-order chi connectivity index (χ0) is 18.0. The first-order chi connectivity index (χ1) is 11.9. The van der Waals surface area contributed by atoms with Crippen LogP contribution in [0.5, 0.6) is 0 Å².